The zero-order chi connectivity index (χ0) is 23.7. The summed E-state index contributed by atoms with van der Waals surface area (Å²) >= 11 is 5.98. The lowest BCUT2D eigenvalue weighted by Gasteiger charge is -2.12. The standard InChI is InChI=1S/C25H19ClFN5O2/c26-17-4-3-5-19(14-17)28-23(33)13-12-22-29-30-25-31(15-16-8-10-18(27)11-9-16)24(34)20-6-1-2-7-21(20)32(22)25/h1-11,14H,12-13,15H2,(H,28,33). The highest BCUT2D eigenvalue weighted by molar-refractivity contribution is 6.30. The van der Waals surface area contributed by atoms with Gasteiger partial charge in [-0.1, -0.05) is 41.9 Å². The lowest BCUT2D eigenvalue weighted by atomic mass is 10.2. The Kier molecular flexibility index (Phi) is 5.81. The Morgan fingerprint density at radius 2 is 1.79 bits per heavy atom. The van der Waals surface area contributed by atoms with Gasteiger partial charge in [-0.05, 0) is 48.0 Å². The molecular weight excluding hydrogens is 457 g/mol. The molecule has 9 heteroatoms. The molecule has 0 atom stereocenters. The van der Waals surface area contributed by atoms with Crippen LogP contribution in [0.5, 0.6) is 0 Å². The Balaban J connectivity index is 1.50. The number of fused-ring (bicyclic) bond motifs is 3. The molecule has 5 aromatic rings. The smallest absolute Gasteiger partial charge is 0.263 e. The highest BCUT2D eigenvalue weighted by atomic mass is 35.5. The van der Waals surface area contributed by atoms with Gasteiger partial charge in [-0.3, -0.25) is 18.6 Å². The first kappa shape index (κ1) is 21.8. The molecule has 0 fully saturated rings. The number of halogens is 2. The molecule has 0 radical (unpaired) electrons. The van der Waals surface area contributed by atoms with Gasteiger partial charge in [0.15, 0.2) is 0 Å². The first-order valence-electron chi connectivity index (χ1n) is 10.6. The zero-order valence-electron chi connectivity index (χ0n) is 17.9. The van der Waals surface area contributed by atoms with Gasteiger partial charge in [0.1, 0.15) is 11.6 Å². The molecule has 34 heavy (non-hydrogen) atoms. The van der Waals surface area contributed by atoms with E-state index in [1.54, 1.807) is 52.9 Å². The number of aromatic nitrogens is 4. The fourth-order valence-electron chi connectivity index (χ4n) is 3.91. The molecule has 0 unspecified atom stereocenters. The lowest BCUT2D eigenvalue weighted by Crippen LogP contribution is -2.24. The van der Waals surface area contributed by atoms with Crippen molar-refractivity contribution in [2.24, 2.45) is 0 Å². The number of carbonyl (C=O) groups excluding carboxylic acids is 1. The van der Waals surface area contributed by atoms with Crippen molar-refractivity contribution < 1.29 is 9.18 Å². The normalized spacial score (nSPS) is 11.2. The van der Waals surface area contributed by atoms with Gasteiger partial charge >= 0.3 is 0 Å². The number of carbonyl (C=O) groups is 1. The number of nitrogens with one attached hydrogen (secondary N) is 1. The maximum Gasteiger partial charge on any atom is 0.263 e. The van der Waals surface area contributed by atoms with Crippen LogP contribution < -0.4 is 10.9 Å². The summed E-state index contributed by atoms with van der Waals surface area (Å²) in [6.45, 7) is 0.209. The third kappa shape index (κ3) is 4.27. The van der Waals surface area contributed by atoms with Gasteiger partial charge < -0.3 is 5.32 Å². The van der Waals surface area contributed by atoms with E-state index in [1.807, 2.05) is 12.1 Å². The van der Waals surface area contributed by atoms with Crippen molar-refractivity contribution in [3.05, 3.63) is 105 Å². The second-order valence-electron chi connectivity index (χ2n) is 7.85. The van der Waals surface area contributed by atoms with Crippen LogP contribution in [0.2, 0.25) is 5.02 Å². The molecule has 2 aromatic heterocycles. The minimum atomic E-state index is -0.347. The zero-order valence-corrected chi connectivity index (χ0v) is 18.7. The van der Waals surface area contributed by atoms with E-state index in [9.17, 15) is 14.0 Å². The number of hydrogen-bond acceptors (Lipinski definition) is 4. The minimum Gasteiger partial charge on any atom is -0.326 e. The Morgan fingerprint density at radius 1 is 1.00 bits per heavy atom. The second kappa shape index (κ2) is 9.07. The predicted molar refractivity (Wildman–Crippen MR) is 129 cm³/mol. The van der Waals surface area contributed by atoms with Crippen LogP contribution in [-0.4, -0.2) is 25.1 Å². The Labute approximate surface area is 198 Å². The number of nitrogens with zero attached hydrogens (tertiary/aromatic N) is 4. The van der Waals surface area contributed by atoms with Crippen LogP contribution in [0.15, 0.2) is 77.6 Å². The average molecular weight is 476 g/mol. The van der Waals surface area contributed by atoms with Gasteiger partial charge in [-0.25, -0.2) is 4.39 Å². The van der Waals surface area contributed by atoms with E-state index in [4.69, 9.17) is 11.6 Å². The monoisotopic (exact) mass is 475 g/mol. The van der Waals surface area contributed by atoms with Crippen molar-refractivity contribution in [2.45, 2.75) is 19.4 Å². The summed E-state index contributed by atoms with van der Waals surface area (Å²) in [4.78, 5) is 25.8. The maximum absolute atomic E-state index is 13.3. The van der Waals surface area contributed by atoms with Crippen molar-refractivity contribution in [1.29, 1.82) is 0 Å². The van der Waals surface area contributed by atoms with E-state index in [0.717, 1.165) is 5.56 Å². The fraction of sp³-hybridized carbons (Fsp3) is 0.120. The number of para-hydroxylation sites is 1. The summed E-state index contributed by atoms with van der Waals surface area (Å²) in [6.07, 6.45) is 0.477. The van der Waals surface area contributed by atoms with Crippen molar-refractivity contribution in [2.75, 3.05) is 5.32 Å². The van der Waals surface area contributed by atoms with Gasteiger partial charge in [-0.15, -0.1) is 10.2 Å². The number of hydrogen-bond donors (Lipinski definition) is 1. The Morgan fingerprint density at radius 3 is 2.59 bits per heavy atom. The highest BCUT2D eigenvalue weighted by Crippen LogP contribution is 2.18. The Bertz CT molecular complexity index is 1580. The molecule has 0 saturated heterocycles. The van der Waals surface area contributed by atoms with E-state index in [-0.39, 0.29) is 30.2 Å². The summed E-state index contributed by atoms with van der Waals surface area (Å²) in [7, 11) is 0. The number of anilines is 1. The van der Waals surface area contributed by atoms with E-state index < -0.39 is 0 Å². The van der Waals surface area contributed by atoms with E-state index in [1.165, 1.54) is 16.7 Å². The van der Waals surface area contributed by atoms with E-state index >= 15 is 0 Å². The molecule has 0 aliphatic rings. The van der Waals surface area contributed by atoms with Crippen molar-refractivity contribution in [3.63, 3.8) is 0 Å². The first-order valence-corrected chi connectivity index (χ1v) is 11.0. The third-order valence-electron chi connectivity index (χ3n) is 5.51. The van der Waals surface area contributed by atoms with Crippen LogP contribution in [0.25, 0.3) is 16.7 Å². The molecule has 7 nitrogen and oxygen atoms in total. The summed E-state index contributed by atoms with van der Waals surface area (Å²) in [5.74, 6) is 0.377. The van der Waals surface area contributed by atoms with Crippen molar-refractivity contribution >= 4 is 39.9 Å². The average Bonchev–Trinajstić information content (AvgIpc) is 3.26. The van der Waals surface area contributed by atoms with Crippen LogP contribution >= 0.6 is 11.6 Å². The molecule has 170 valence electrons. The molecular formula is C25H19ClFN5O2. The van der Waals surface area contributed by atoms with E-state index in [0.29, 0.717) is 39.6 Å². The predicted octanol–water partition coefficient (Wildman–Crippen LogP) is 4.46. The summed E-state index contributed by atoms with van der Waals surface area (Å²) in [5, 5.41) is 12.4. The fourth-order valence-corrected chi connectivity index (χ4v) is 4.10. The SMILES string of the molecule is O=C(CCc1nnc2n(Cc3ccc(F)cc3)c(=O)c3ccccc3n12)Nc1cccc(Cl)c1. The molecule has 0 aliphatic heterocycles. The van der Waals surface area contributed by atoms with Crippen LogP contribution in [0.1, 0.15) is 17.8 Å². The number of amides is 1. The van der Waals surface area contributed by atoms with Crippen LogP contribution in [0.4, 0.5) is 10.1 Å². The van der Waals surface area contributed by atoms with Crippen LogP contribution in [0.3, 0.4) is 0 Å². The first-order chi connectivity index (χ1) is 16.5. The molecule has 2 heterocycles. The maximum atomic E-state index is 13.3. The van der Waals surface area contributed by atoms with Gasteiger partial charge in [0.25, 0.3) is 5.56 Å². The summed E-state index contributed by atoms with van der Waals surface area (Å²) in [5.41, 5.74) is 1.81. The molecule has 0 bridgehead atoms. The van der Waals surface area contributed by atoms with Crippen molar-refractivity contribution in [3.8, 4) is 0 Å². The lowest BCUT2D eigenvalue weighted by molar-refractivity contribution is -0.116. The van der Waals surface area contributed by atoms with Crippen LogP contribution in [0, 0.1) is 5.82 Å². The van der Waals surface area contributed by atoms with Gasteiger partial charge in [0.2, 0.25) is 11.7 Å². The molecule has 0 saturated carbocycles. The molecule has 3 aromatic carbocycles. The van der Waals surface area contributed by atoms with Gasteiger partial charge in [0.05, 0.1) is 17.4 Å². The molecule has 0 aliphatic carbocycles. The number of aryl methyl sites for hydroxylation is 1. The number of rotatable bonds is 6. The highest BCUT2D eigenvalue weighted by Gasteiger charge is 2.17. The van der Waals surface area contributed by atoms with Crippen molar-refractivity contribution in [1.82, 2.24) is 19.2 Å². The summed E-state index contributed by atoms with van der Waals surface area (Å²) < 4.78 is 16.7. The molecule has 1 amide bonds. The topological polar surface area (TPSA) is 81.3 Å². The molecule has 1 N–H and O–H groups in total. The van der Waals surface area contributed by atoms with Gasteiger partial charge in [0, 0.05) is 23.6 Å². The van der Waals surface area contributed by atoms with E-state index in [2.05, 4.69) is 15.5 Å². The third-order valence-corrected chi connectivity index (χ3v) is 5.75. The second-order valence-corrected chi connectivity index (χ2v) is 8.28. The quantitative estimate of drug-likeness (QED) is 0.393. The summed E-state index contributed by atoms with van der Waals surface area (Å²) in [6, 6.07) is 20.1. The largest absolute Gasteiger partial charge is 0.326 e. The van der Waals surface area contributed by atoms with Gasteiger partial charge in [-0.2, -0.15) is 0 Å². The number of benzene rings is 3. The Hall–Kier alpha value is -4.04. The minimum absolute atomic E-state index is 0.165. The van der Waals surface area contributed by atoms with Crippen LogP contribution in [-0.2, 0) is 17.8 Å². The molecule has 0 spiro atoms. The molecule has 5 rings (SSSR count).